The van der Waals surface area contributed by atoms with Crippen molar-refractivity contribution in [3.63, 3.8) is 0 Å². The van der Waals surface area contributed by atoms with E-state index in [-0.39, 0.29) is 11.9 Å². The minimum Gasteiger partial charge on any atom is -0.339 e. The summed E-state index contributed by atoms with van der Waals surface area (Å²) in [5.74, 6) is 0.400. The Balaban J connectivity index is 2.04. The second-order valence-corrected chi connectivity index (χ2v) is 6.42. The summed E-state index contributed by atoms with van der Waals surface area (Å²) >= 11 is 13.2. The Morgan fingerprint density at radius 1 is 1.48 bits per heavy atom. The monoisotopic (exact) mass is 342 g/mol. The lowest BCUT2D eigenvalue weighted by atomic mass is 10.1. The zero-order valence-electron chi connectivity index (χ0n) is 11.8. The number of thiazole rings is 1. The largest absolute Gasteiger partial charge is 0.339 e. The summed E-state index contributed by atoms with van der Waals surface area (Å²) in [5.41, 5.74) is 1.83. The second-order valence-electron chi connectivity index (χ2n) is 4.78. The third-order valence-electron chi connectivity index (χ3n) is 3.34. The fourth-order valence-corrected chi connectivity index (χ4v) is 3.16. The number of rotatable bonds is 5. The predicted octanol–water partition coefficient (Wildman–Crippen LogP) is 4.30. The molecule has 0 radical (unpaired) electrons. The zero-order valence-corrected chi connectivity index (χ0v) is 14.2. The lowest BCUT2D eigenvalue weighted by Crippen LogP contribution is -2.30. The van der Waals surface area contributed by atoms with Crippen LogP contribution in [0.2, 0.25) is 5.02 Å². The van der Waals surface area contributed by atoms with Crippen molar-refractivity contribution in [3.8, 4) is 0 Å². The average Bonchev–Trinajstić information content (AvgIpc) is 2.93. The Labute approximate surface area is 138 Å². The number of hydrogen-bond acceptors (Lipinski definition) is 3. The summed E-state index contributed by atoms with van der Waals surface area (Å²) in [4.78, 5) is 18.4. The van der Waals surface area contributed by atoms with Gasteiger partial charge in [-0.15, -0.1) is 22.9 Å². The van der Waals surface area contributed by atoms with Crippen LogP contribution in [-0.2, 0) is 17.1 Å². The number of carbonyl (C=O) groups is 1. The molecule has 0 saturated carbocycles. The van der Waals surface area contributed by atoms with Gasteiger partial charge in [-0.2, -0.15) is 0 Å². The maximum Gasteiger partial charge on any atom is 0.229 e. The first-order chi connectivity index (χ1) is 10.0. The van der Waals surface area contributed by atoms with Crippen LogP contribution in [0.3, 0.4) is 0 Å². The van der Waals surface area contributed by atoms with Gasteiger partial charge in [-0.1, -0.05) is 23.7 Å². The van der Waals surface area contributed by atoms with Crippen molar-refractivity contribution in [2.24, 2.45) is 0 Å². The van der Waals surface area contributed by atoms with E-state index < -0.39 is 0 Å². The van der Waals surface area contributed by atoms with Crippen molar-refractivity contribution >= 4 is 40.4 Å². The minimum atomic E-state index is -0.0383. The molecule has 0 bridgehead atoms. The Hall–Kier alpha value is -1.10. The van der Waals surface area contributed by atoms with Gasteiger partial charge in [0.25, 0.3) is 0 Å². The molecular weight excluding hydrogens is 327 g/mol. The average molecular weight is 343 g/mol. The lowest BCUT2D eigenvalue weighted by molar-refractivity contribution is -0.131. The molecule has 0 fully saturated rings. The first kappa shape index (κ1) is 16.3. The van der Waals surface area contributed by atoms with Crippen molar-refractivity contribution in [2.75, 3.05) is 7.05 Å². The number of nitrogens with zero attached hydrogens (tertiary/aromatic N) is 2. The summed E-state index contributed by atoms with van der Waals surface area (Å²) in [6.07, 6.45) is 0.295. The molecule has 0 spiro atoms. The van der Waals surface area contributed by atoms with Crippen LogP contribution in [0.1, 0.15) is 29.2 Å². The van der Waals surface area contributed by atoms with Crippen LogP contribution < -0.4 is 0 Å². The van der Waals surface area contributed by atoms with Crippen LogP contribution in [0.4, 0.5) is 0 Å². The molecule has 0 aliphatic rings. The number of alkyl halides is 1. The smallest absolute Gasteiger partial charge is 0.229 e. The quantitative estimate of drug-likeness (QED) is 0.759. The molecule has 21 heavy (non-hydrogen) atoms. The summed E-state index contributed by atoms with van der Waals surface area (Å²) in [7, 11) is 1.80. The topological polar surface area (TPSA) is 33.2 Å². The Morgan fingerprint density at radius 2 is 2.24 bits per heavy atom. The predicted molar refractivity (Wildman–Crippen MR) is 88.0 cm³/mol. The van der Waals surface area contributed by atoms with Crippen LogP contribution in [0.25, 0.3) is 0 Å². The molecule has 1 amide bonds. The highest BCUT2D eigenvalue weighted by atomic mass is 35.5. The summed E-state index contributed by atoms with van der Waals surface area (Å²) in [5, 5.41) is 3.35. The highest BCUT2D eigenvalue weighted by Gasteiger charge is 2.19. The highest BCUT2D eigenvalue weighted by molar-refractivity contribution is 7.09. The molecule has 3 nitrogen and oxygen atoms in total. The number of hydrogen-bond donors (Lipinski definition) is 0. The van der Waals surface area contributed by atoms with Crippen molar-refractivity contribution in [3.05, 3.63) is 50.9 Å². The van der Waals surface area contributed by atoms with Crippen LogP contribution in [0.15, 0.2) is 29.6 Å². The van der Waals surface area contributed by atoms with E-state index in [2.05, 4.69) is 4.98 Å². The molecule has 1 aromatic carbocycles. The summed E-state index contributed by atoms with van der Waals surface area (Å²) < 4.78 is 0. The Kier molecular flexibility index (Phi) is 5.62. The van der Waals surface area contributed by atoms with Gasteiger partial charge in [-0.3, -0.25) is 4.79 Å². The van der Waals surface area contributed by atoms with E-state index in [0.717, 1.165) is 16.3 Å². The highest BCUT2D eigenvalue weighted by Crippen LogP contribution is 2.23. The lowest BCUT2D eigenvalue weighted by Gasteiger charge is -2.25. The van der Waals surface area contributed by atoms with Crippen LogP contribution in [0, 0.1) is 0 Å². The van der Waals surface area contributed by atoms with Gasteiger partial charge in [-0.25, -0.2) is 4.98 Å². The molecule has 1 aromatic heterocycles. The van der Waals surface area contributed by atoms with Gasteiger partial charge in [0.2, 0.25) is 5.91 Å². The van der Waals surface area contributed by atoms with Crippen molar-refractivity contribution in [1.29, 1.82) is 0 Å². The second kappa shape index (κ2) is 7.25. The molecule has 6 heteroatoms. The van der Waals surface area contributed by atoms with Gasteiger partial charge in [0.1, 0.15) is 5.01 Å². The molecule has 2 rings (SSSR count). The fourth-order valence-electron chi connectivity index (χ4n) is 1.95. The third kappa shape index (κ3) is 4.19. The van der Waals surface area contributed by atoms with Gasteiger partial charge in [0.15, 0.2) is 0 Å². The third-order valence-corrected chi connectivity index (χ3v) is 4.75. The SMILES string of the molecule is CC(c1cccc(Cl)c1)N(C)C(=O)Cc1nc(CCl)cs1. The number of aromatic nitrogens is 1. The normalized spacial score (nSPS) is 12.2. The zero-order chi connectivity index (χ0) is 15.4. The molecule has 1 atom stereocenters. The number of likely N-dealkylation sites (N-methyl/N-ethyl adjacent to an activating group) is 1. The minimum absolute atomic E-state index is 0.0259. The standard InChI is InChI=1S/C15H16Cl2N2OS/c1-10(11-4-3-5-12(17)6-11)19(2)15(20)7-14-18-13(8-16)9-21-14/h3-6,9-10H,7-8H2,1-2H3. The number of halogens is 2. The van der Waals surface area contributed by atoms with Crippen LogP contribution >= 0.6 is 34.5 Å². The Bertz CT molecular complexity index is 630. The molecule has 0 aliphatic carbocycles. The summed E-state index contributed by atoms with van der Waals surface area (Å²) in [6, 6.07) is 7.52. The van der Waals surface area contributed by atoms with Crippen molar-refractivity contribution in [2.45, 2.75) is 25.3 Å². The first-order valence-corrected chi connectivity index (χ1v) is 8.31. The fraction of sp³-hybridized carbons (Fsp3) is 0.333. The summed E-state index contributed by atoms with van der Waals surface area (Å²) in [6.45, 7) is 1.98. The maximum atomic E-state index is 12.3. The van der Waals surface area contributed by atoms with Gasteiger partial charge in [-0.05, 0) is 24.6 Å². The molecule has 0 aliphatic heterocycles. The number of carbonyl (C=O) groups excluding carboxylic acids is 1. The van der Waals surface area contributed by atoms with E-state index >= 15 is 0 Å². The van der Waals surface area contributed by atoms with E-state index in [1.54, 1.807) is 11.9 Å². The van der Waals surface area contributed by atoms with Gasteiger partial charge >= 0.3 is 0 Å². The van der Waals surface area contributed by atoms with E-state index in [9.17, 15) is 4.79 Å². The van der Waals surface area contributed by atoms with E-state index in [4.69, 9.17) is 23.2 Å². The van der Waals surface area contributed by atoms with Crippen molar-refractivity contribution < 1.29 is 4.79 Å². The van der Waals surface area contributed by atoms with Gasteiger partial charge < -0.3 is 4.90 Å². The number of benzene rings is 1. The van der Waals surface area contributed by atoms with Crippen LogP contribution in [-0.4, -0.2) is 22.8 Å². The van der Waals surface area contributed by atoms with Gasteiger partial charge in [0.05, 0.1) is 24.0 Å². The van der Waals surface area contributed by atoms with E-state index in [1.807, 2.05) is 36.6 Å². The van der Waals surface area contributed by atoms with Crippen molar-refractivity contribution in [1.82, 2.24) is 9.88 Å². The maximum absolute atomic E-state index is 12.3. The molecule has 1 heterocycles. The molecule has 1 unspecified atom stereocenters. The number of amides is 1. The Morgan fingerprint density at radius 3 is 2.86 bits per heavy atom. The van der Waals surface area contributed by atoms with E-state index in [1.165, 1.54) is 11.3 Å². The van der Waals surface area contributed by atoms with Crippen LogP contribution in [0.5, 0.6) is 0 Å². The first-order valence-electron chi connectivity index (χ1n) is 6.51. The van der Waals surface area contributed by atoms with E-state index in [0.29, 0.717) is 17.3 Å². The molecule has 0 N–H and O–H groups in total. The molecular formula is C15H16Cl2N2OS. The van der Waals surface area contributed by atoms with Gasteiger partial charge in [0, 0.05) is 17.5 Å². The molecule has 0 saturated heterocycles. The molecule has 112 valence electrons. The molecule has 2 aromatic rings.